The Morgan fingerprint density at radius 3 is 2.73 bits per heavy atom. The Balaban J connectivity index is 1.33. The van der Waals surface area contributed by atoms with Crippen molar-refractivity contribution in [3.8, 4) is 5.75 Å². The Labute approximate surface area is 244 Å². The van der Waals surface area contributed by atoms with Gasteiger partial charge < -0.3 is 28.5 Å². The molecule has 0 bridgehead atoms. The third-order valence-corrected chi connectivity index (χ3v) is 9.89. The van der Waals surface area contributed by atoms with Crippen LogP contribution in [0.4, 0.5) is 0 Å². The molecule has 6 rings (SSSR count). The van der Waals surface area contributed by atoms with Crippen LogP contribution in [0.1, 0.15) is 34.1 Å². The molecule has 2 amide bonds. The number of amides is 2. The number of β-lactam (4-membered cyclic amide) rings is 1. The quantitative estimate of drug-likeness (QED) is 0.215. The molecule has 2 unspecified atom stereocenters. The third-order valence-electron chi connectivity index (χ3n) is 7.21. The summed E-state index contributed by atoms with van der Waals surface area (Å²) in [5.74, 6) is 0.906. The number of ether oxygens (including phenoxy) is 2. The summed E-state index contributed by atoms with van der Waals surface area (Å²) in [5, 5.41) is 4.20. The van der Waals surface area contributed by atoms with Crippen LogP contribution in [0.3, 0.4) is 0 Å². The standard InChI is InChI=1S/C29H27N3O7S2/c1-36-20-6-4-18(5-7-20)15-39-28(35)29(22-11-19(16-40-22)12-24-30-8-10-38-24)17-32-25(34)14-26(32)41-27(29)31-23(33)13-21-3-2-9-37-21/h2-11,16,26-27H,12-15,17H2,1H3,(H,31,33)/t26-,27?,29?/m1/s1. The molecule has 0 saturated carbocycles. The highest BCUT2D eigenvalue weighted by Gasteiger charge is 2.60. The van der Waals surface area contributed by atoms with E-state index in [0.29, 0.717) is 35.1 Å². The van der Waals surface area contributed by atoms with Crippen LogP contribution in [-0.4, -0.2) is 52.1 Å². The lowest BCUT2D eigenvalue weighted by Crippen LogP contribution is -2.69. The molecule has 3 aromatic heterocycles. The summed E-state index contributed by atoms with van der Waals surface area (Å²) in [5.41, 5.74) is 0.338. The number of methoxy groups -OCH3 is 1. The largest absolute Gasteiger partial charge is 0.497 e. The summed E-state index contributed by atoms with van der Waals surface area (Å²) in [7, 11) is 1.58. The number of nitrogens with zero attached hydrogens (tertiary/aromatic N) is 2. The number of fused-ring (bicyclic) bond motifs is 1. The number of rotatable bonds is 10. The molecule has 0 spiro atoms. The van der Waals surface area contributed by atoms with Crippen LogP contribution >= 0.6 is 23.1 Å². The molecule has 12 heteroatoms. The molecule has 1 aromatic carbocycles. The van der Waals surface area contributed by atoms with Crippen molar-refractivity contribution in [1.29, 1.82) is 0 Å². The van der Waals surface area contributed by atoms with Crippen LogP contribution in [-0.2, 0) is 44.0 Å². The zero-order valence-corrected chi connectivity index (χ0v) is 23.7. The first-order valence-corrected chi connectivity index (χ1v) is 14.8. The minimum Gasteiger partial charge on any atom is -0.497 e. The second-order valence-electron chi connectivity index (χ2n) is 9.84. The lowest BCUT2D eigenvalue weighted by atomic mass is 9.82. The number of carbonyl (C=O) groups excluding carboxylic acids is 3. The number of esters is 1. The van der Waals surface area contributed by atoms with Gasteiger partial charge in [0.05, 0.1) is 49.6 Å². The fourth-order valence-electron chi connectivity index (χ4n) is 4.98. The maximum absolute atomic E-state index is 14.2. The van der Waals surface area contributed by atoms with Crippen molar-refractivity contribution in [2.75, 3.05) is 13.7 Å². The van der Waals surface area contributed by atoms with E-state index in [1.165, 1.54) is 35.6 Å². The van der Waals surface area contributed by atoms with Crippen LogP contribution in [0, 0.1) is 0 Å². The van der Waals surface area contributed by atoms with E-state index in [1.54, 1.807) is 42.5 Å². The first-order chi connectivity index (χ1) is 19.9. The van der Waals surface area contributed by atoms with E-state index in [1.807, 2.05) is 23.6 Å². The zero-order chi connectivity index (χ0) is 28.4. The van der Waals surface area contributed by atoms with Crippen LogP contribution in [0.5, 0.6) is 5.75 Å². The van der Waals surface area contributed by atoms with E-state index in [4.69, 9.17) is 18.3 Å². The Kier molecular flexibility index (Phi) is 7.59. The monoisotopic (exact) mass is 593 g/mol. The van der Waals surface area contributed by atoms with Gasteiger partial charge in [-0.3, -0.25) is 14.4 Å². The summed E-state index contributed by atoms with van der Waals surface area (Å²) in [4.78, 5) is 46.7. The summed E-state index contributed by atoms with van der Waals surface area (Å²) in [6.45, 7) is 0.115. The fourth-order valence-corrected chi connectivity index (χ4v) is 7.80. The molecule has 2 aliphatic rings. The zero-order valence-electron chi connectivity index (χ0n) is 22.1. The molecule has 2 fully saturated rings. The number of hydrogen-bond acceptors (Lipinski definition) is 10. The molecule has 1 N–H and O–H groups in total. The van der Waals surface area contributed by atoms with Gasteiger partial charge in [-0.25, -0.2) is 4.98 Å². The molecular formula is C29H27N3O7S2. The van der Waals surface area contributed by atoms with Gasteiger partial charge in [0.25, 0.3) is 0 Å². The molecule has 2 saturated heterocycles. The van der Waals surface area contributed by atoms with Gasteiger partial charge >= 0.3 is 5.97 Å². The van der Waals surface area contributed by atoms with Gasteiger partial charge in [0.15, 0.2) is 5.89 Å². The summed E-state index contributed by atoms with van der Waals surface area (Å²) in [6.07, 6.45) is 5.42. The number of benzene rings is 1. The van der Waals surface area contributed by atoms with Crippen molar-refractivity contribution < 1.29 is 32.7 Å². The first kappa shape index (κ1) is 27.2. The number of hydrogen-bond donors (Lipinski definition) is 1. The van der Waals surface area contributed by atoms with Gasteiger partial charge in [0, 0.05) is 11.4 Å². The topological polar surface area (TPSA) is 124 Å². The highest BCUT2D eigenvalue weighted by molar-refractivity contribution is 8.00. The molecule has 5 heterocycles. The molecule has 3 atom stereocenters. The normalized spacial score (nSPS) is 21.6. The van der Waals surface area contributed by atoms with E-state index >= 15 is 0 Å². The van der Waals surface area contributed by atoms with E-state index in [9.17, 15) is 14.4 Å². The van der Waals surface area contributed by atoms with Crippen molar-refractivity contribution >= 4 is 40.9 Å². The smallest absolute Gasteiger partial charge is 0.322 e. The lowest BCUT2D eigenvalue weighted by Gasteiger charge is -2.53. The van der Waals surface area contributed by atoms with E-state index in [0.717, 1.165) is 11.1 Å². The fraction of sp³-hybridized carbons (Fsp3) is 0.310. The van der Waals surface area contributed by atoms with Crippen LogP contribution < -0.4 is 10.1 Å². The van der Waals surface area contributed by atoms with E-state index < -0.39 is 16.8 Å². The molecule has 10 nitrogen and oxygen atoms in total. The van der Waals surface area contributed by atoms with Gasteiger partial charge in [0.2, 0.25) is 11.8 Å². The molecule has 4 aromatic rings. The minimum absolute atomic E-state index is 0.0220. The Morgan fingerprint density at radius 1 is 1.17 bits per heavy atom. The van der Waals surface area contributed by atoms with Crippen molar-refractivity contribution in [1.82, 2.24) is 15.2 Å². The summed E-state index contributed by atoms with van der Waals surface area (Å²) < 4.78 is 22.0. The van der Waals surface area contributed by atoms with Gasteiger partial charge in [-0.2, -0.15) is 0 Å². The Morgan fingerprint density at radius 2 is 2.02 bits per heavy atom. The minimum atomic E-state index is -1.35. The number of thioether (sulfide) groups is 1. The number of carbonyl (C=O) groups is 3. The van der Waals surface area contributed by atoms with E-state index in [-0.39, 0.29) is 36.8 Å². The molecular weight excluding hydrogens is 566 g/mol. The van der Waals surface area contributed by atoms with Crippen LogP contribution in [0.15, 0.2) is 75.4 Å². The van der Waals surface area contributed by atoms with Crippen LogP contribution in [0.25, 0.3) is 0 Å². The number of nitrogens with one attached hydrogen (secondary N) is 1. The van der Waals surface area contributed by atoms with Crippen molar-refractivity contribution in [3.63, 3.8) is 0 Å². The van der Waals surface area contributed by atoms with Crippen molar-refractivity contribution in [3.05, 3.63) is 94.2 Å². The molecule has 41 heavy (non-hydrogen) atoms. The van der Waals surface area contributed by atoms with Gasteiger partial charge in [-0.15, -0.1) is 23.1 Å². The van der Waals surface area contributed by atoms with E-state index in [2.05, 4.69) is 10.3 Å². The molecule has 0 aliphatic carbocycles. The predicted octanol–water partition coefficient (Wildman–Crippen LogP) is 3.90. The second-order valence-corrected chi connectivity index (χ2v) is 12.0. The SMILES string of the molecule is COc1ccc(COC(=O)C2(c3cc(Cc4ncco4)cs3)CN3C(=O)C[C@H]3SC2NC(=O)Cc2ccco2)cc1. The lowest BCUT2D eigenvalue weighted by molar-refractivity contribution is -0.157. The number of thiophene rings is 1. The number of aromatic nitrogens is 1. The molecule has 2 aliphatic heterocycles. The van der Waals surface area contributed by atoms with Gasteiger partial charge in [-0.1, -0.05) is 12.1 Å². The first-order valence-electron chi connectivity index (χ1n) is 13.0. The molecule has 212 valence electrons. The average Bonchev–Trinajstić information content (AvgIpc) is 3.77. The average molecular weight is 594 g/mol. The van der Waals surface area contributed by atoms with Crippen molar-refractivity contribution in [2.45, 2.75) is 42.0 Å². The van der Waals surface area contributed by atoms with Gasteiger partial charge in [-0.05, 0) is 46.8 Å². The predicted molar refractivity (Wildman–Crippen MR) is 150 cm³/mol. The summed E-state index contributed by atoms with van der Waals surface area (Å²) >= 11 is 2.79. The highest BCUT2D eigenvalue weighted by atomic mass is 32.2. The Hall–Kier alpha value is -4.03. The maximum Gasteiger partial charge on any atom is 0.322 e. The third kappa shape index (κ3) is 5.49. The number of oxazole rings is 1. The highest BCUT2D eigenvalue weighted by Crippen LogP contribution is 2.49. The second kappa shape index (κ2) is 11.5. The molecule has 0 radical (unpaired) electrons. The van der Waals surface area contributed by atoms with Crippen LogP contribution in [0.2, 0.25) is 0 Å². The van der Waals surface area contributed by atoms with Gasteiger partial charge in [0.1, 0.15) is 29.8 Å². The maximum atomic E-state index is 14.2. The summed E-state index contributed by atoms with van der Waals surface area (Å²) in [6, 6.07) is 12.6. The van der Waals surface area contributed by atoms with Crippen molar-refractivity contribution in [2.24, 2.45) is 0 Å². The number of furan rings is 1. The Bertz CT molecular complexity index is 1520.